The first kappa shape index (κ1) is 18.1. The van der Waals surface area contributed by atoms with Crippen LogP contribution in [0.2, 0.25) is 0 Å². The van der Waals surface area contributed by atoms with Crippen molar-refractivity contribution in [1.29, 1.82) is 0 Å². The van der Waals surface area contributed by atoms with Gasteiger partial charge in [-0.1, -0.05) is 12.1 Å². The molecule has 1 aliphatic heterocycles. The Bertz CT molecular complexity index is 944. The van der Waals surface area contributed by atoms with Gasteiger partial charge in [0.15, 0.2) is 0 Å². The zero-order valence-corrected chi connectivity index (χ0v) is 14.9. The van der Waals surface area contributed by atoms with E-state index in [1.807, 2.05) is 0 Å². The Hall–Kier alpha value is -3.68. The zero-order chi connectivity index (χ0) is 19.7. The molecule has 2 aromatic rings. The number of barbiturate groups is 1. The molecule has 2 heterocycles. The predicted molar refractivity (Wildman–Crippen MR) is 94.4 cm³/mol. The molecule has 0 bridgehead atoms. The minimum Gasteiger partial charge on any atom is -0.465 e. The number of carbonyl (C=O) groups is 4. The topological polar surface area (TPSA) is 97.1 Å². The molecule has 1 saturated heterocycles. The molecule has 8 nitrogen and oxygen atoms in total. The van der Waals surface area contributed by atoms with Crippen molar-refractivity contribution in [2.24, 2.45) is 0 Å². The van der Waals surface area contributed by atoms with Crippen LogP contribution in [0.1, 0.15) is 16.1 Å². The lowest BCUT2D eigenvalue weighted by Gasteiger charge is -2.28. The molecule has 0 atom stereocenters. The van der Waals surface area contributed by atoms with Crippen molar-refractivity contribution in [3.05, 3.63) is 53.3 Å². The van der Waals surface area contributed by atoms with E-state index in [-0.39, 0.29) is 11.3 Å². The van der Waals surface area contributed by atoms with Crippen LogP contribution in [0.5, 0.6) is 0 Å². The van der Waals surface area contributed by atoms with Crippen LogP contribution >= 0.6 is 0 Å². The van der Waals surface area contributed by atoms with Gasteiger partial charge in [-0.25, -0.2) is 9.59 Å². The summed E-state index contributed by atoms with van der Waals surface area (Å²) in [4.78, 5) is 49.4. The highest BCUT2D eigenvalue weighted by Crippen LogP contribution is 2.25. The first-order valence-electron chi connectivity index (χ1n) is 7.94. The van der Waals surface area contributed by atoms with E-state index in [1.54, 1.807) is 36.4 Å². The first-order valence-corrected chi connectivity index (χ1v) is 7.94. The van der Waals surface area contributed by atoms with Gasteiger partial charge in [-0.15, -0.1) is 0 Å². The summed E-state index contributed by atoms with van der Waals surface area (Å²) in [5.41, 5.74) is 0.948. The lowest BCUT2D eigenvalue weighted by atomic mass is 10.1. The number of rotatable bonds is 3. The van der Waals surface area contributed by atoms with Crippen molar-refractivity contribution in [2.45, 2.75) is 0 Å². The summed E-state index contributed by atoms with van der Waals surface area (Å²) in [6.07, 6.45) is 1.30. The number of likely N-dealkylation sites (N-methyl/N-ethyl adjacent to an activating group) is 2. The molecule has 1 aliphatic rings. The standard InChI is InChI=1S/C19H16N2O6/c1-20-16(22)14(17(23)21(2)19(20)25)10-13-8-9-15(27-13)11-4-6-12(7-5-11)18(24)26-3/h4-10H,1-3H3. The van der Waals surface area contributed by atoms with Crippen LogP contribution in [0.15, 0.2) is 46.4 Å². The molecule has 27 heavy (non-hydrogen) atoms. The van der Waals surface area contributed by atoms with E-state index in [0.717, 1.165) is 9.80 Å². The van der Waals surface area contributed by atoms with Crippen molar-refractivity contribution in [3.63, 3.8) is 0 Å². The van der Waals surface area contributed by atoms with Gasteiger partial charge in [-0.2, -0.15) is 0 Å². The summed E-state index contributed by atoms with van der Waals surface area (Å²) in [5.74, 6) is -1.04. The van der Waals surface area contributed by atoms with Crippen molar-refractivity contribution >= 4 is 29.9 Å². The third-order valence-corrected chi connectivity index (χ3v) is 4.15. The number of amides is 4. The highest BCUT2D eigenvalue weighted by Gasteiger charge is 2.38. The molecule has 1 fully saturated rings. The number of carbonyl (C=O) groups excluding carboxylic acids is 4. The minimum atomic E-state index is -0.691. The smallest absolute Gasteiger partial charge is 0.337 e. The van der Waals surface area contributed by atoms with E-state index in [0.29, 0.717) is 16.9 Å². The zero-order valence-electron chi connectivity index (χ0n) is 14.9. The van der Waals surface area contributed by atoms with Crippen LogP contribution in [0, 0.1) is 0 Å². The fourth-order valence-electron chi connectivity index (χ4n) is 2.59. The average Bonchev–Trinajstić information content (AvgIpc) is 3.16. The van der Waals surface area contributed by atoms with Gasteiger partial charge in [0.25, 0.3) is 11.8 Å². The van der Waals surface area contributed by atoms with E-state index in [9.17, 15) is 19.2 Å². The second-order valence-corrected chi connectivity index (χ2v) is 5.84. The maximum atomic E-state index is 12.2. The number of esters is 1. The molecule has 0 radical (unpaired) electrons. The van der Waals surface area contributed by atoms with Gasteiger partial charge in [-0.3, -0.25) is 19.4 Å². The lowest BCUT2D eigenvalue weighted by molar-refractivity contribution is -0.134. The molecule has 8 heteroatoms. The highest BCUT2D eigenvalue weighted by molar-refractivity contribution is 6.30. The van der Waals surface area contributed by atoms with Crippen LogP contribution in [-0.2, 0) is 14.3 Å². The van der Waals surface area contributed by atoms with Crippen molar-refractivity contribution in [3.8, 4) is 11.3 Å². The van der Waals surface area contributed by atoms with E-state index in [2.05, 4.69) is 4.74 Å². The van der Waals surface area contributed by atoms with Gasteiger partial charge < -0.3 is 9.15 Å². The third-order valence-electron chi connectivity index (χ3n) is 4.15. The third kappa shape index (κ3) is 3.24. The first-order chi connectivity index (χ1) is 12.8. The predicted octanol–water partition coefficient (Wildman–Crippen LogP) is 2.17. The van der Waals surface area contributed by atoms with Gasteiger partial charge in [0.05, 0.1) is 12.7 Å². The number of furan rings is 1. The van der Waals surface area contributed by atoms with Crippen LogP contribution < -0.4 is 0 Å². The molecular formula is C19H16N2O6. The Morgan fingerprint density at radius 2 is 1.56 bits per heavy atom. The number of ether oxygens (including phenoxy) is 1. The second kappa shape index (κ2) is 6.91. The number of nitrogens with zero attached hydrogens (tertiary/aromatic N) is 2. The number of hydrogen-bond donors (Lipinski definition) is 0. The van der Waals surface area contributed by atoms with Crippen LogP contribution in [-0.4, -0.2) is 54.8 Å². The molecule has 0 spiro atoms. The summed E-state index contributed by atoms with van der Waals surface area (Å²) in [5, 5.41) is 0. The summed E-state index contributed by atoms with van der Waals surface area (Å²) in [6.45, 7) is 0. The second-order valence-electron chi connectivity index (χ2n) is 5.84. The molecule has 3 rings (SSSR count). The highest BCUT2D eigenvalue weighted by atomic mass is 16.5. The van der Waals surface area contributed by atoms with Gasteiger partial charge in [0.1, 0.15) is 17.1 Å². The molecule has 138 valence electrons. The van der Waals surface area contributed by atoms with Gasteiger partial charge in [0.2, 0.25) is 0 Å². The molecular weight excluding hydrogens is 352 g/mol. The lowest BCUT2D eigenvalue weighted by Crippen LogP contribution is -2.52. The van der Waals surface area contributed by atoms with E-state index >= 15 is 0 Å². The molecule has 1 aromatic heterocycles. The molecule has 0 aliphatic carbocycles. The van der Waals surface area contributed by atoms with E-state index in [1.165, 1.54) is 27.3 Å². The van der Waals surface area contributed by atoms with E-state index in [4.69, 9.17) is 4.42 Å². The number of imide groups is 2. The Morgan fingerprint density at radius 1 is 0.963 bits per heavy atom. The van der Waals surface area contributed by atoms with Crippen LogP contribution in [0.25, 0.3) is 17.4 Å². The fraction of sp³-hybridized carbons (Fsp3) is 0.158. The maximum absolute atomic E-state index is 12.2. The molecule has 4 amide bonds. The summed E-state index contributed by atoms with van der Waals surface area (Å²) in [6, 6.07) is 9.19. The Kier molecular flexibility index (Phi) is 4.64. The number of methoxy groups -OCH3 is 1. The Balaban J connectivity index is 1.88. The number of hydrogen-bond acceptors (Lipinski definition) is 6. The van der Waals surface area contributed by atoms with E-state index < -0.39 is 23.8 Å². The monoisotopic (exact) mass is 368 g/mol. The molecule has 0 unspecified atom stereocenters. The van der Waals surface area contributed by atoms with Crippen LogP contribution in [0.4, 0.5) is 4.79 Å². The fourth-order valence-corrected chi connectivity index (χ4v) is 2.59. The van der Waals surface area contributed by atoms with Crippen molar-refractivity contribution in [1.82, 2.24) is 9.80 Å². The normalized spacial score (nSPS) is 14.6. The summed E-state index contributed by atoms with van der Waals surface area (Å²) in [7, 11) is 3.91. The van der Waals surface area contributed by atoms with Crippen molar-refractivity contribution in [2.75, 3.05) is 21.2 Å². The maximum Gasteiger partial charge on any atom is 0.337 e. The molecule has 1 aromatic carbocycles. The number of benzene rings is 1. The van der Waals surface area contributed by atoms with Crippen LogP contribution in [0.3, 0.4) is 0 Å². The summed E-state index contributed by atoms with van der Waals surface area (Å²) >= 11 is 0. The summed E-state index contributed by atoms with van der Waals surface area (Å²) < 4.78 is 10.3. The quantitative estimate of drug-likeness (QED) is 0.468. The average molecular weight is 368 g/mol. The van der Waals surface area contributed by atoms with Gasteiger partial charge in [0, 0.05) is 19.7 Å². The van der Waals surface area contributed by atoms with Crippen molar-refractivity contribution < 1.29 is 28.3 Å². The Labute approximate surface area is 154 Å². The SMILES string of the molecule is COC(=O)c1ccc(-c2ccc(C=C3C(=O)N(C)C(=O)N(C)C3=O)o2)cc1. The molecule has 0 saturated carbocycles. The molecule has 0 N–H and O–H groups in total. The largest absolute Gasteiger partial charge is 0.465 e. The number of urea groups is 1. The van der Waals surface area contributed by atoms with Gasteiger partial charge >= 0.3 is 12.0 Å². The Morgan fingerprint density at radius 3 is 2.11 bits per heavy atom. The minimum absolute atomic E-state index is 0.165. The van der Waals surface area contributed by atoms with Gasteiger partial charge in [-0.05, 0) is 30.3 Å².